The lowest BCUT2D eigenvalue weighted by Crippen LogP contribution is -2.67. The van der Waals surface area contributed by atoms with Crippen LogP contribution in [0.2, 0.25) is 0 Å². The van der Waals surface area contributed by atoms with Crippen LogP contribution in [0.1, 0.15) is 72.1 Å². The third kappa shape index (κ3) is 2.40. The van der Waals surface area contributed by atoms with Gasteiger partial charge in [0.1, 0.15) is 0 Å². The Hall–Kier alpha value is -0.610. The molecule has 0 aliphatic heterocycles. The second-order valence-electron chi connectivity index (χ2n) is 10.1. The molecule has 28 heavy (non-hydrogen) atoms. The number of aliphatic hydroxyl groups is 1. The van der Waals surface area contributed by atoms with Gasteiger partial charge in [-0.05, 0) is 75.2 Å². The highest BCUT2D eigenvalue weighted by Gasteiger charge is 2.72. The maximum Gasteiger partial charge on any atom is 0.178 e. The van der Waals surface area contributed by atoms with Crippen molar-refractivity contribution in [1.82, 2.24) is 0 Å². The van der Waals surface area contributed by atoms with Gasteiger partial charge in [0.15, 0.2) is 11.5 Å². The number of carbonyl (C=O) groups is 1. The number of rotatable bonds is 4. The number of aliphatic hydroxyl groups excluding tert-OH is 1. The molecule has 4 heteroatoms. The predicted molar refractivity (Wildman–Crippen MR) is 114 cm³/mol. The Labute approximate surface area is 173 Å². The van der Waals surface area contributed by atoms with E-state index < -0.39 is 17.2 Å². The van der Waals surface area contributed by atoms with Gasteiger partial charge in [0.2, 0.25) is 0 Å². The van der Waals surface area contributed by atoms with Crippen LogP contribution >= 0.6 is 11.8 Å². The summed E-state index contributed by atoms with van der Waals surface area (Å²) < 4.78 is 17.2. The monoisotopic (exact) mass is 406 g/mol. The van der Waals surface area contributed by atoms with Crippen molar-refractivity contribution >= 4 is 17.5 Å². The van der Waals surface area contributed by atoms with Gasteiger partial charge < -0.3 is 5.11 Å². The van der Waals surface area contributed by atoms with Gasteiger partial charge in [0.05, 0.1) is 6.10 Å². The highest BCUT2D eigenvalue weighted by molar-refractivity contribution is 8.00. The Kier molecular flexibility index (Phi) is 4.94. The minimum Gasteiger partial charge on any atom is -0.390 e. The van der Waals surface area contributed by atoms with E-state index in [4.69, 9.17) is 0 Å². The summed E-state index contributed by atoms with van der Waals surface area (Å²) in [6.07, 6.45) is 13.9. The molecule has 7 atom stereocenters. The van der Waals surface area contributed by atoms with Gasteiger partial charge >= 0.3 is 0 Å². The first-order valence-electron chi connectivity index (χ1n) is 11.0. The highest BCUT2D eigenvalue weighted by atomic mass is 32.2. The van der Waals surface area contributed by atoms with Gasteiger partial charge in [-0.3, -0.25) is 4.79 Å². The number of unbranched alkanes of at least 4 members (excludes halogenated alkanes) is 1. The molecule has 0 radical (unpaired) electrons. The molecule has 0 spiro atoms. The van der Waals surface area contributed by atoms with Crippen molar-refractivity contribution in [2.45, 2.75) is 88.7 Å². The summed E-state index contributed by atoms with van der Waals surface area (Å²) in [5.74, 6) is 0.109. The quantitative estimate of drug-likeness (QED) is 0.655. The average Bonchev–Trinajstić information content (AvgIpc) is 2.94. The number of carbonyl (C=O) groups excluding carboxylic acids is 1. The summed E-state index contributed by atoms with van der Waals surface area (Å²) in [6.45, 7) is 6.48. The lowest BCUT2D eigenvalue weighted by Gasteiger charge is -2.63. The normalized spacial score (nSPS) is 50.0. The molecule has 0 aromatic heterocycles. The Morgan fingerprint density at radius 3 is 2.71 bits per heavy atom. The lowest BCUT2D eigenvalue weighted by molar-refractivity contribution is -0.192. The first kappa shape index (κ1) is 20.7. The first-order valence-corrected chi connectivity index (χ1v) is 12.3. The van der Waals surface area contributed by atoms with E-state index in [0.717, 1.165) is 37.7 Å². The number of ketones is 1. The third-order valence-corrected chi connectivity index (χ3v) is 10.9. The molecule has 4 aliphatic rings. The fourth-order valence-corrected chi connectivity index (χ4v) is 8.97. The fraction of sp³-hybridized carbons (Fsp3) is 0.792. The second-order valence-corrected chi connectivity index (χ2v) is 11.3. The van der Waals surface area contributed by atoms with Crippen molar-refractivity contribution in [3.63, 3.8) is 0 Å². The molecule has 0 saturated heterocycles. The van der Waals surface area contributed by atoms with Crippen molar-refractivity contribution in [1.29, 1.82) is 0 Å². The SMILES string of the molecule is CCCC[C@@]1(SC)CC[C@H]2[C@@H]3CCC4=CC(=O)C=C[C@]4(C)C3(F)[C@@H](O)C[C@@]21C. The van der Waals surface area contributed by atoms with E-state index >= 15 is 4.39 Å². The van der Waals surface area contributed by atoms with E-state index in [1.54, 1.807) is 12.2 Å². The van der Waals surface area contributed by atoms with Crippen LogP contribution in [0.3, 0.4) is 0 Å². The van der Waals surface area contributed by atoms with Gasteiger partial charge in [-0.2, -0.15) is 11.8 Å². The van der Waals surface area contributed by atoms with Gasteiger partial charge in [0.25, 0.3) is 0 Å². The Morgan fingerprint density at radius 2 is 2.04 bits per heavy atom. The number of thioether (sulfide) groups is 1. The van der Waals surface area contributed by atoms with Crippen molar-refractivity contribution in [3.05, 3.63) is 23.8 Å². The molecule has 2 nitrogen and oxygen atoms in total. The van der Waals surface area contributed by atoms with Crippen LogP contribution in [0.5, 0.6) is 0 Å². The molecule has 4 rings (SSSR count). The zero-order valence-electron chi connectivity index (χ0n) is 17.8. The maximum atomic E-state index is 17.0. The lowest BCUT2D eigenvalue weighted by atomic mass is 9.45. The molecule has 1 unspecified atom stereocenters. The molecule has 3 fully saturated rings. The minimum atomic E-state index is -1.68. The number of hydrogen-bond donors (Lipinski definition) is 1. The molecule has 1 N–H and O–H groups in total. The zero-order chi connectivity index (χ0) is 20.4. The molecule has 3 saturated carbocycles. The highest BCUT2D eigenvalue weighted by Crippen LogP contribution is 2.72. The summed E-state index contributed by atoms with van der Waals surface area (Å²) in [6, 6.07) is 0. The van der Waals surface area contributed by atoms with Crippen molar-refractivity contribution < 1.29 is 14.3 Å². The van der Waals surface area contributed by atoms with Crippen LogP contribution in [0.15, 0.2) is 23.8 Å². The molecule has 0 bridgehead atoms. The molecule has 156 valence electrons. The van der Waals surface area contributed by atoms with Gasteiger partial charge in [0, 0.05) is 16.1 Å². The van der Waals surface area contributed by atoms with Gasteiger partial charge in [-0.25, -0.2) is 4.39 Å². The number of halogens is 1. The summed E-state index contributed by atoms with van der Waals surface area (Å²) in [7, 11) is 0. The van der Waals surface area contributed by atoms with Crippen molar-refractivity contribution in [2.24, 2.45) is 22.7 Å². The Balaban J connectivity index is 1.76. The van der Waals surface area contributed by atoms with Crippen LogP contribution < -0.4 is 0 Å². The molecule has 0 aromatic carbocycles. The van der Waals surface area contributed by atoms with E-state index in [2.05, 4.69) is 20.1 Å². The maximum absolute atomic E-state index is 17.0. The molecule has 4 aliphatic carbocycles. The van der Waals surface area contributed by atoms with Gasteiger partial charge in [-0.1, -0.05) is 38.3 Å². The van der Waals surface area contributed by atoms with Crippen LogP contribution in [0, 0.1) is 22.7 Å². The summed E-state index contributed by atoms with van der Waals surface area (Å²) in [5, 5.41) is 11.4. The fourth-order valence-electron chi connectivity index (χ4n) is 7.60. The van der Waals surface area contributed by atoms with Gasteiger partial charge in [-0.15, -0.1) is 0 Å². The molecule has 0 amide bonds. The van der Waals surface area contributed by atoms with Crippen molar-refractivity contribution in [2.75, 3.05) is 6.26 Å². The Morgan fingerprint density at radius 1 is 1.29 bits per heavy atom. The van der Waals surface area contributed by atoms with Crippen molar-refractivity contribution in [3.8, 4) is 0 Å². The first-order chi connectivity index (χ1) is 13.2. The number of hydrogen-bond acceptors (Lipinski definition) is 3. The summed E-state index contributed by atoms with van der Waals surface area (Å²) in [5.41, 5.74) is -1.70. The van der Waals surface area contributed by atoms with E-state index in [1.807, 2.05) is 18.7 Å². The summed E-state index contributed by atoms with van der Waals surface area (Å²) in [4.78, 5) is 11.9. The molecule has 0 aromatic rings. The molecular weight excluding hydrogens is 371 g/mol. The van der Waals surface area contributed by atoms with E-state index in [-0.39, 0.29) is 21.9 Å². The number of fused-ring (bicyclic) bond motifs is 5. The second kappa shape index (κ2) is 6.70. The third-order valence-electron chi connectivity index (χ3n) is 9.26. The topological polar surface area (TPSA) is 37.3 Å². The van der Waals surface area contributed by atoms with Crippen LogP contribution in [0.25, 0.3) is 0 Å². The molecular formula is C24H35FO2S. The van der Waals surface area contributed by atoms with E-state index in [9.17, 15) is 9.90 Å². The van der Waals surface area contributed by atoms with Crippen LogP contribution in [-0.4, -0.2) is 33.7 Å². The zero-order valence-corrected chi connectivity index (χ0v) is 18.6. The van der Waals surface area contributed by atoms with Crippen LogP contribution in [0.4, 0.5) is 4.39 Å². The largest absolute Gasteiger partial charge is 0.390 e. The minimum absolute atomic E-state index is 0.0347. The standard InChI is InChI=1S/C24H35FO2S/c1-5-6-11-23(28-4)13-10-18-19-8-7-16-14-17(26)9-12-21(16,2)24(19,25)20(27)15-22(18,23)3/h9,12,14,18-20,27H,5-8,10-11,13,15H2,1-4H3/t18-,19-,20-,21-,22-,23+,24?/m0/s1. The van der Waals surface area contributed by atoms with Crippen LogP contribution in [-0.2, 0) is 4.79 Å². The number of alkyl halides is 1. The molecule has 0 heterocycles. The Bertz CT molecular complexity index is 732. The summed E-state index contributed by atoms with van der Waals surface area (Å²) >= 11 is 1.96. The smallest absolute Gasteiger partial charge is 0.178 e. The van der Waals surface area contributed by atoms with E-state index in [1.165, 1.54) is 18.9 Å². The number of allylic oxidation sites excluding steroid dienone is 4. The predicted octanol–water partition coefficient (Wildman–Crippen LogP) is 5.65. The van der Waals surface area contributed by atoms with E-state index in [0.29, 0.717) is 12.3 Å². The average molecular weight is 407 g/mol.